The first kappa shape index (κ1) is 21.8. The van der Waals surface area contributed by atoms with Crippen LogP contribution in [0.2, 0.25) is 0 Å². The van der Waals surface area contributed by atoms with Crippen LogP contribution in [0.1, 0.15) is 23.1 Å². The van der Waals surface area contributed by atoms with Crippen LogP contribution in [-0.2, 0) is 11.2 Å². The average molecular weight is 535 g/mol. The van der Waals surface area contributed by atoms with Gasteiger partial charge < -0.3 is 0 Å². The van der Waals surface area contributed by atoms with Crippen LogP contribution in [0.5, 0.6) is 5.75 Å². The van der Waals surface area contributed by atoms with Gasteiger partial charge in [0.1, 0.15) is 0 Å². The van der Waals surface area contributed by atoms with E-state index in [1.807, 2.05) is 54.6 Å². The van der Waals surface area contributed by atoms with E-state index in [9.17, 15) is 9.90 Å². The Morgan fingerprint density at radius 2 is 2.00 bits per heavy atom. The third-order valence-corrected chi connectivity index (χ3v) is 7.45. The van der Waals surface area contributed by atoms with Crippen molar-refractivity contribution in [2.75, 3.05) is 19.9 Å². The van der Waals surface area contributed by atoms with Crippen molar-refractivity contribution in [1.82, 2.24) is 10.3 Å². The van der Waals surface area contributed by atoms with Crippen molar-refractivity contribution in [1.29, 1.82) is 0 Å². The van der Waals surface area contributed by atoms with Gasteiger partial charge in [-0.15, -0.1) is 0 Å². The summed E-state index contributed by atoms with van der Waals surface area (Å²) in [5.41, 5.74) is 2.47. The normalized spacial score (nSPS) is 17.9. The van der Waals surface area contributed by atoms with Gasteiger partial charge in [-0.3, -0.25) is 0 Å². The molecule has 2 N–H and O–H groups in total. The monoisotopic (exact) mass is 535 g/mol. The predicted octanol–water partition coefficient (Wildman–Crippen LogP) is 0.460. The quantitative estimate of drug-likeness (QED) is 0.198. The van der Waals surface area contributed by atoms with Gasteiger partial charge in [0.15, 0.2) is 0 Å². The van der Waals surface area contributed by atoms with Gasteiger partial charge in [0.05, 0.1) is 0 Å². The fraction of sp³-hybridized carbons (Fsp3) is 0.304. The number of rotatable bonds is 7. The van der Waals surface area contributed by atoms with Crippen LogP contribution in [0.3, 0.4) is 0 Å². The molecule has 1 aliphatic heterocycles. The second-order valence-corrected chi connectivity index (χ2v) is 10.5. The molecule has 2 unspecified atom stereocenters. The first-order chi connectivity index (χ1) is 15.1. The number of hydrogen-bond acceptors (Lipinski definition) is 6. The van der Waals surface area contributed by atoms with Crippen molar-refractivity contribution in [2.24, 2.45) is 0 Å². The Hall–Kier alpha value is -2.43. The molecule has 0 spiro atoms. The fourth-order valence-corrected chi connectivity index (χ4v) is 5.59. The molecule has 0 radical (unpaired) electrons. The topological polar surface area (TPSA) is 93.8 Å². The zero-order valence-electron chi connectivity index (χ0n) is 17.1. The fourth-order valence-electron chi connectivity index (χ4n) is 3.26. The number of alkyl halides is 1. The summed E-state index contributed by atoms with van der Waals surface area (Å²) in [7, 11) is 0. The van der Waals surface area contributed by atoms with Gasteiger partial charge in [-0.1, -0.05) is 18.2 Å². The SMILES string of the molecule is Cc1oc(-c2ccccc2)nc1C(O)COc1ccc(CC2COCNC(=O)[I-]2)cc1. The molecule has 1 saturated heterocycles. The number of hydrogen-bond donors (Lipinski definition) is 2. The third kappa shape index (κ3) is 5.84. The summed E-state index contributed by atoms with van der Waals surface area (Å²) in [6.07, 6.45) is -0.0865. The molecule has 0 bridgehead atoms. The zero-order valence-corrected chi connectivity index (χ0v) is 19.2. The van der Waals surface area contributed by atoms with Gasteiger partial charge in [-0.2, -0.15) is 0 Å². The second kappa shape index (κ2) is 10.3. The Morgan fingerprint density at radius 3 is 2.77 bits per heavy atom. The number of halogens is 1. The maximum atomic E-state index is 11.7. The number of aromatic nitrogens is 1. The van der Waals surface area contributed by atoms with Gasteiger partial charge in [-0.05, 0) is 12.1 Å². The molecule has 1 aliphatic rings. The van der Waals surface area contributed by atoms with Crippen LogP contribution in [0.4, 0.5) is 4.79 Å². The summed E-state index contributed by atoms with van der Waals surface area (Å²) in [6, 6.07) is 17.3. The van der Waals surface area contributed by atoms with E-state index in [0.717, 1.165) is 17.5 Å². The molecule has 1 aromatic heterocycles. The molecule has 31 heavy (non-hydrogen) atoms. The first-order valence-electron chi connectivity index (χ1n) is 10.00. The molecule has 4 rings (SSSR count). The van der Waals surface area contributed by atoms with E-state index in [-0.39, 0.29) is 14.4 Å². The number of aliphatic hydroxyl groups is 1. The summed E-state index contributed by atoms with van der Waals surface area (Å²) in [6.45, 7) is 2.77. The molecule has 8 heteroatoms. The van der Waals surface area contributed by atoms with Crippen LogP contribution < -0.4 is 31.3 Å². The zero-order chi connectivity index (χ0) is 21.6. The Morgan fingerprint density at radius 1 is 1.23 bits per heavy atom. The molecule has 0 aliphatic carbocycles. The number of nitrogens with one attached hydrogen (secondary N) is 1. The molecule has 3 aromatic rings. The summed E-state index contributed by atoms with van der Waals surface area (Å²) < 4.78 is 17.3. The maximum absolute atomic E-state index is 11.7. The number of nitrogens with zero attached hydrogens (tertiary/aromatic N) is 1. The van der Waals surface area contributed by atoms with Crippen molar-refractivity contribution in [3.63, 3.8) is 0 Å². The van der Waals surface area contributed by atoms with E-state index in [1.165, 1.54) is 0 Å². The molecular formula is C23H24IN2O5-. The Bertz CT molecular complexity index is 1010. The molecule has 164 valence electrons. The van der Waals surface area contributed by atoms with Crippen molar-refractivity contribution < 1.29 is 45.0 Å². The number of carbonyl (C=O) groups is 1. The number of carbonyl (C=O) groups excluding carboxylic acids is 1. The van der Waals surface area contributed by atoms with E-state index in [1.54, 1.807) is 6.92 Å². The summed E-state index contributed by atoms with van der Waals surface area (Å²) in [5, 5.41) is 13.3. The van der Waals surface area contributed by atoms with Crippen LogP contribution in [0.15, 0.2) is 59.0 Å². The van der Waals surface area contributed by atoms with Gasteiger partial charge in [-0.25, -0.2) is 0 Å². The standard InChI is InChI=1S/C23H24IN2O5/c1-15-21(26-22(31-15)17-5-3-2-4-6-17)20(27)13-30-19-9-7-16(8-10-19)11-18-12-29-14-25-23(28)24-18/h2-10,18,20,27H,11-14H2,1H3,(H,25,28)/q-1. The van der Waals surface area contributed by atoms with E-state index in [0.29, 0.717) is 36.4 Å². The van der Waals surface area contributed by atoms with E-state index >= 15 is 0 Å². The van der Waals surface area contributed by atoms with Crippen LogP contribution in [0.25, 0.3) is 11.5 Å². The molecule has 2 aromatic carbocycles. The number of ether oxygens (including phenoxy) is 2. The Balaban J connectivity index is 1.33. The molecule has 2 heterocycles. The Labute approximate surface area is 191 Å². The number of aryl methyl sites for hydroxylation is 1. The molecule has 1 fully saturated rings. The molecule has 2 atom stereocenters. The van der Waals surface area contributed by atoms with Crippen LogP contribution in [-0.4, -0.2) is 37.9 Å². The third-order valence-electron chi connectivity index (χ3n) is 4.82. The number of aliphatic hydroxyl groups excluding tert-OH is 1. The summed E-state index contributed by atoms with van der Waals surface area (Å²) in [4.78, 5) is 16.2. The first-order valence-corrected chi connectivity index (χ1v) is 12.3. The van der Waals surface area contributed by atoms with Gasteiger partial charge >= 0.3 is 155 Å². The summed E-state index contributed by atoms with van der Waals surface area (Å²) >= 11 is -0.591. The van der Waals surface area contributed by atoms with Crippen LogP contribution >= 0.6 is 0 Å². The van der Waals surface area contributed by atoms with E-state index in [4.69, 9.17) is 13.9 Å². The molecule has 1 amide bonds. The van der Waals surface area contributed by atoms with Crippen molar-refractivity contribution in [3.05, 3.63) is 71.6 Å². The predicted molar refractivity (Wildman–Crippen MR) is 110 cm³/mol. The van der Waals surface area contributed by atoms with Gasteiger partial charge in [0.25, 0.3) is 0 Å². The second-order valence-electron chi connectivity index (χ2n) is 7.17. The van der Waals surface area contributed by atoms with Gasteiger partial charge in [0, 0.05) is 5.56 Å². The number of oxazole rings is 1. The molecular weight excluding hydrogens is 511 g/mol. The number of amides is 1. The van der Waals surface area contributed by atoms with Crippen molar-refractivity contribution in [3.8, 4) is 17.2 Å². The molecule has 7 nitrogen and oxygen atoms in total. The molecule has 0 saturated carbocycles. The van der Waals surface area contributed by atoms with Crippen molar-refractivity contribution in [2.45, 2.75) is 23.4 Å². The Kier molecular flexibility index (Phi) is 7.21. The number of benzene rings is 2. The minimum absolute atomic E-state index is 0.0725. The van der Waals surface area contributed by atoms with E-state index in [2.05, 4.69) is 10.3 Å². The van der Waals surface area contributed by atoms with E-state index < -0.39 is 27.3 Å². The van der Waals surface area contributed by atoms with Crippen LogP contribution in [0, 0.1) is 6.92 Å². The minimum atomic E-state index is -0.896. The summed E-state index contributed by atoms with van der Waals surface area (Å²) in [5.74, 6) is 1.72. The average Bonchev–Trinajstić information content (AvgIpc) is 3.06. The van der Waals surface area contributed by atoms with Crippen molar-refractivity contribution >= 4 is 3.91 Å². The van der Waals surface area contributed by atoms with Gasteiger partial charge in [0.2, 0.25) is 0 Å².